The summed E-state index contributed by atoms with van der Waals surface area (Å²) < 4.78 is 3.18. The molecule has 0 saturated carbocycles. The van der Waals surface area contributed by atoms with E-state index in [0.717, 1.165) is 32.1 Å². The number of Topliss-reactive ketones (excluding diaryl/α,β-unsaturated/α-hetero) is 1. The van der Waals surface area contributed by atoms with Crippen molar-refractivity contribution in [3.8, 4) is 0 Å². The van der Waals surface area contributed by atoms with Crippen molar-refractivity contribution in [1.29, 1.82) is 0 Å². The number of fused-ring (bicyclic) bond motifs is 2. The molecule has 0 saturated heterocycles. The molecule has 0 bridgehead atoms. The van der Waals surface area contributed by atoms with Gasteiger partial charge in [0.1, 0.15) is 5.78 Å². The fraction of sp³-hybridized carbons (Fsp3) is 0.393. The van der Waals surface area contributed by atoms with Crippen molar-refractivity contribution >= 4 is 27.6 Å². The molecule has 0 spiro atoms. The predicted octanol–water partition coefficient (Wildman–Crippen LogP) is 3.47. The molecular weight excluding hydrogens is 472 g/mol. The molecule has 2 heterocycles. The van der Waals surface area contributed by atoms with E-state index in [1.54, 1.807) is 51.6 Å². The number of carbonyl (C=O) groups is 1. The number of aromatic amines is 2. The van der Waals surface area contributed by atoms with Gasteiger partial charge in [-0.25, -0.2) is 9.59 Å². The zero-order valence-corrected chi connectivity index (χ0v) is 20.8. The average molecular weight is 505 g/mol. The molecular formula is C28H32N4O5. The van der Waals surface area contributed by atoms with E-state index in [4.69, 9.17) is 0 Å². The number of carbonyl (C=O) groups excluding carboxylic acids is 1. The number of unbranched alkanes of at least 4 members (excludes halogenated alkanes) is 5. The summed E-state index contributed by atoms with van der Waals surface area (Å²) >= 11 is 0. The van der Waals surface area contributed by atoms with Crippen LogP contribution in [0, 0.1) is 0 Å². The summed E-state index contributed by atoms with van der Waals surface area (Å²) in [7, 11) is 0. The van der Waals surface area contributed by atoms with Gasteiger partial charge in [0.05, 0.1) is 21.8 Å². The minimum absolute atomic E-state index is 0.227. The van der Waals surface area contributed by atoms with E-state index >= 15 is 0 Å². The number of aryl methyl sites for hydroxylation is 2. The van der Waals surface area contributed by atoms with Gasteiger partial charge in [-0.2, -0.15) is 0 Å². The van der Waals surface area contributed by atoms with Crippen LogP contribution >= 0.6 is 0 Å². The molecule has 9 heteroatoms. The topological polar surface area (TPSA) is 127 Å². The maximum atomic E-state index is 12.3. The van der Waals surface area contributed by atoms with Gasteiger partial charge in [-0.3, -0.25) is 33.5 Å². The number of H-pyrrole nitrogens is 2. The Bertz CT molecular complexity index is 1630. The molecule has 0 aliphatic heterocycles. The molecule has 2 aromatic heterocycles. The van der Waals surface area contributed by atoms with Crippen molar-refractivity contribution in [3.63, 3.8) is 0 Å². The van der Waals surface area contributed by atoms with Crippen molar-refractivity contribution < 1.29 is 4.79 Å². The van der Waals surface area contributed by atoms with Crippen LogP contribution in [-0.2, 0) is 17.9 Å². The van der Waals surface area contributed by atoms with Crippen molar-refractivity contribution in [3.05, 3.63) is 90.2 Å². The zero-order valence-electron chi connectivity index (χ0n) is 20.8. The van der Waals surface area contributed by atoms with Crippen LogP contribution in [0.15, 0.2) is 67.7 Å². The molecule has 0 radical (unpaired) electrons. The number of benzene rings is 2. The van der Waals surface area contributed by atoms with Crippen molar-refractivity contribution in [1.82, 2.24) is 19.1 Å². The minimum Gasteiger partial charge on any atom is -0.300 e. The van der Waals surface area contributed by atoms with E-state index in [-0.39, 0.29) is 22.6 Å². The Kier molecular flexibility index (Phi) is 8.66. The smallest absolute Gasteiger partial charge is 0.300 e. The number of hydrogen-bond acceptors (Lipinski definition) is 5. The van der Waals surface area contributed by atoms with Gasteiger partial charge in [0.2, 0.25) is 0 Å². The Morgan fingerprint density at radius 1 is 0.568 bits per heavy atom. The largest absolute Gasteiger partial charge is 0.328 e. The maximum Gasteiger partial charge on any atom is 0.328 e. The highest BCUT2D eigenvalue weighted by Gasteiger charge is 2.08. The molecule has 2 aromatic carbocycles. The van der Waals surface area contributed by atoms with Gasteiger partial charge in [-0.1, -0.05) is 43.5 Å². The molecule has 9 nitrogen and oxygen atoms in total. The average Bonchev–Trinajstić information content (AvgIpc) is 2.89. The second-order valence-corrected chi connectivity index (χ2v) is 9.37. The molecule has 37 heavy (non-hydrogen) atoms. The van der Waals surface area contributed by atoms with E-state index in [1.807, 2.05) is 6.07 Å². The van der Waals surface area contributed by atoms with Gasteiger partial charge >= 0.3 is 11.4 Å². The summed E-state index contributed by atoms with van der Waals surface area (Å²) in [5.41, 5.74) is -0.283. The number of hydrogen-bond donors (Lipinski definition) is 2. The van der Waals surface area contributed by atoms with Crippen LogP contribution in [0.2, 0.25) is 0 Å². The van der Waals surface area contributed by atoms with Crippen LogP contribution in [0.5, 0.6) is 0 Å². The molecule has 4 rings (SSSR count). The predicted molar refractivity (Wildman–Crippen MR) is 144 cm³/mol. The van der Waals surface area contributed by atoms with Gasteiger partial charge in [-0.05, 0) is 49.9 Å². The Morgan fingerprint density at radius 2 is 0.973 bits per heavy atom. The first-order chi connectivity index (χ1) is 18.0. The SMILES string of the molecule is O=C(CCCCCCCn1c(=O)[nH]c(=O)c2ccccc21)CCCCn1c(=O)[nH]c(=O)c2ccccc21. The second kappa shape index (κ2) is 12.3. The number of aromatic nitrogens is 4. The van der Waals surface area contributed by atoms with E-state index in [9.17, 15) is 24.0 Å². The standard InChI is InChI=1S/C28H32N4O5/c33-20(13-9-11-19-32-24-17-8-6-15-22(24)26(35)30-28(32)37)12-4-2-1-3-10-18-31-23-16-7-5-14-21(23)25(34)29-27(31)36/h5-8,14-17H,1-4,9-13,18-19H2,(H,29,34,36)(H,30,35,37). The van der Waals surface area contributed by atoms with E-state index in [2.05, 4.69) is 9.97 Å². The van der Waals surface area contributed by atoms with E-state index in [1.165, 1.54) is 0 Å². The number of rotatable bonds is 13. The normalized spacial score (nSPS) is 11.4. The lowest BCUT2D eigenvalue weighted by Gasteiger charge is -2.09. The summed E-state index contributed by atoms with van der Waals surface area (Å²) in [6.07, 6.45) is 6.94. The first-order valence-electron chi connectivity index (χ1n) is 12.9. The molecule has 0 amide bonds. The summed E-state index contributed by atoms with van der Waals surface area (Å²) in [5, 5.41) is 0.997. The fourth-order valence-corrected chi connectivity index (χ4v) is 4.77. The highest BCUT2D eigenvalue weighted by molar-refractivity contribution is 5.79. The maximum absolute atomic E-state index is 12.3. The van der Waals surface area contributed by atoms with Crippen LogP contribution in [0.3, 0.4) is 0 Å². The summed E-state index contributed by atoms with van der Waals surface area (Å²) in [4.78, 5) is 65.3. The zero-order chi connectivity index (χ0) is 26.2. The Labute approximate surface area is 212 Å². The molecule has 0 aliphatic carbocycles. The lowest BCUT2D eigenvalue weighted by atomic mass is 10.0. The van der Waals surface area contributed by atoms with Crippen LogP contribution < -0.4 is 22.5 Å². The quantitative estimate of drug-likeness (QED) is 0.270. The third-order valence-electron chi connectivity index (χ3n) is 6.73. The van der Waals surface area contributed by atoms with Gasteiger partial charge < -0.3 is 0 Å². The molecule has 4 aromatic rings. The van der Waals surface area contributed by atoms with Gasteiger partial charge in [0.25, 0.3) is 11.1 Å². The van der Waals surface area contributed by atoms with Crippen molar-refractivity contribution in [2.24, 2.45) is 0 Å². The third kappa shape index (κ3) is 6.41. The number of ketones is 1. The lowest BCUT2D eigenvalue weighted by molar-refractivity contribution is -0.119. The van der Waals surface area contributed by atoms with Gasteiger partial charge in [0, 0.05) is 25.9 Å². The number of nitrogens with zero attached hydrogens (tertiary/aromatic N) is 2. The highest BCUT2D eigenvalue weighted by Crippen LogP contribution is 2.12. The van der Waals surface area contributed by atoms with Gasteiger partial charge in [0.15, 0.2) is 0 Å². The molecule has 0 atom stereocenters. The monoisotopic (exact) mass is 504 g/mol. The fourth-order valence-electron chi connectivity index (χ4n) is 4.77. The lowest BCUT2D eigenvalue weighted by Crippen LogP contribution is -2.30. The Balaban J connectivity index is 1.13. The van der Waals surface area contributed by atoms with Crippen LogP contribution in [-0.4, -0.2) is 24.9 Å². The molecule has 0 aliphatic rings. The van der Waals surface area contributed by atoms with E-state index < -0.39 is 5.69 Å². The summed E-state index contributed by atoms with van der Waals surface area (Å²) in [6.45, 7) is 1.000. The Hall–Kier alpha value is -4.01. The summed E-state index contributed by atoms with van der Waals surface area (Å²) in [5.74, 6) is 0.227. The van der Waals surface area contributed by atoms with Crippen LogP contribution in [0.25, 0.3) is 21.8 Å². The first-order valence-corrected chi connectivity index (χ1v) is 12.9. The third-order valence-corrected chi connectivity index (χ3v) is 6.73. The summed E-state index contributed by atoms with van der Waals surface area (Å²) in [6, 6.07) is 14.1. The number of nitrogens with one attached hydrogen (secondary N) is 2. The Morgan fingerprint density at radius 3 is 1.51 bits per heavy atom. The number of para-hydroxylation sites is 2. The second-order valence-electron chi connectivity index (χ2n) is 9.37. The van der Waals surface area contributed by atoms with Crippen molar-refractivity contribution in [2.75, 3.05) is 0 Å². The van der Waals surface area contributed by atoms with Crippen LogP contribution in [0.4, 0.5) is 0 Å². The van der Waals surface area contributed by atoms with E-state index in [0.29, 0.717) is 60.6 Å². The van der Waals surface area contributed by atoms with Crippen molar-refractivity contribution in [2.45, 2.75) is 70.9 Å². The van der Waals surface area contributed by atoms with Gasteiger partial charge in [-0.15, -0.1) is 0 Å². The first kappa shape index (κ1) is 26.1. The molecule has 2 N–H and O–H groups in total. The molecule has 0 unspecified atom stereocenters. The van der Waals surface area contributed by atoms with Crippen LogP contribution in [0.1, 0.15) is 57.8 Å². The molecule has 0 fully saturated rings. The minimum atomic E-state index is -0.423. The molecule has 194 valence electrons. The highest BCUT2D eigenvalue weighted by atomic mass is 16.2.